The fourth-order valence-electron chi connectivity index (χ4n) is 1.07. The van der Waals surface area contributed by atoms with Gasteiger partial charge < -0.3 is 4.90 Å². The SMILES string of the molecule is FC1CN(c2cnccn2)C1. The third kappa shape index (κ3) is 1.15. The first-order chi connectivity index (χ1) is 5.36. The van der Waals surface area contributed by atoms with Crippen molar-refractivity contribution in [2.75, 3.05) is 18.0 Å². The van der Waals surface area contributed by atoms with E-state index in [2.05, 4.69) is 9.97 Å². The summed E-state index contributed by atoms with van der Waals surface area (Å²) < 4.78 is 12.4. The molecule has 1 aliphatic rings. The number of alkyl halides is 1. The van der Waals surface area contributed by atoms with Crippen LogP contribution in [0.3, 0.4) is 0 Å². The summed E-state index contributed by atoms with van der Waals surface area (Å²) in [6.07, 6.45) is 4.18. The number of hydrogen-bond donors (Lipinski definition) is 0. The third-order valence-corrected chi connectivity index (χ3v) is 1.71. The molecule has 11 heavy (non-hydrogen) atoms. The number of aromatic nitrogens is 2. The van der Waals surface area contributed by atoms with Gasteiger partial charge in [0.2, 0.25) is 0 Å². The lowest BCUT2D eigenvalue weighted by Gasteiger charge is -2.34. The van der Waals surface area contributed by atoms with Crippen LogP contribution in [0.15, 0.2) is 18.6 Å². The Bertz CT molecular complexity index is 233. The summed E-state index contributed by atoms with van der Waals surface area (Å²) in [6, 6.07) is 0. The Morgan fingerprint density at radius 2 is 2.27 bits per heavy atom. The van der Waals surface area contributed by atoms with Gasteiger partial charge in [-0.3, -0.25) is 4.98 Å². The van der Waals surface area contributed by atoms with Gasteiger partial charge in [-0.2, -0.15) is 0 Å². The first-order valence-corrected chi connectivity index (χ1v) is 3.51. The topological polar surface area (TPSA) is 29.0 Å². The molecule has 1 aromatic heterocycles. The Morgan fingerprint density at radius 1 is 1.45 bits per heavy atom. The van der Waals surface area contributed by atoms with Gasteiger partial charge in [-0.1, -0.05) is 0 Å². The molecule has 2 rings (SSSR count). The van der Waals surface area contributed by atoms with Crippen molar-refractivity contribution in [2.45, 2.75) is 6.17 Å². The van der Waals surface area contributed by atoms with Crippen molar-refractivity contribution in [3.05, 3.63) is 18.6 Å². The van der Waals surface area contributed by atoms with Gasteiger partial charge in [0.1, 0.15) is 12.0 Å². The fraction of sp³-hybridized carbons (Fsp3) is 0.429. The number of halogens is 1. The molecular weight excluding hydrogens is 145 g/mol. The molecule has 2 heterocycles. The smallest absolute Gasteiger partial charge is 0.147 e. The van der Waals surface area contributed by atoms with Crippen LogP contribution in [-0.2, 0) is 0 Å². The second-order valence-corrected chi connectivity index (χ2v) is 2.57. The second-order valence-electron chi connectivity index (χ2n) is 2.57. The second kappa shape index (κ2) is 2.45. The van der Waals surface area contributed by atoms with Crippen molar-refractivity contribution in [1.82, 2.24) is 9.97 Å². The van der Waals surface area contributed by atoms with Gasteiger partial charge in [0.25, 0.3) is 0 Å². The molecule has 0 atom stereocenters. The highest BCUT2D eigenvalue weighted by Crippen LogP contribution is 2.17. The molecule has 58 valence electrons. The fourth-order valence-corrected chi connectivity index (χ4v) is 1.07. The molecule has 1 fully saturated rings. The average Bonchev–Trinajstić information content (AvgIpc) is 2.01. The summed E-state index contributed by atoms with van der Waals surface area (Å²) in [5.41, 5.74) is 0. The highest BCUT2D eigenvalue weighted by molar-refractivity contribution is 5.39. The molecule has 1 aliphatic heterocycles. The summed E-state index contributed by atoms with van der Waals surface area (Å²) in [5.74, 6) is 0.765. The zero-order chi connectivity index (χ0) is 7.68. The first-order valence-electron chi connectivity index (χ1n) is 3.51. The molecule has 3 nitrogen and oxygen atoms in total. The molecule has 1 saturated heterocycles. The maximum absolute atomic E-state index is 12.4. The summed E-state index contributed by atoms with van der Waals surface area (Å²) in [5, 5.41) is 0. The normalized spacial score (nSPS) is 18.1. The average molecular weight is 153 g/mol. The molecule has 0 radical (unpaired) electrons. The number of anilines is 1. The van der Waals surface area contributed by atoms with E-state index >= 15 is 0 Å². The van der Waals surface area contributed by atoms with Crippen molar-refractivity contribution < 1.29 is 4.39 Å². The maximum atomic E-state index is 12.4. The van der Waals surface area contributed by atoms with Crippen molar-refractivity contribution in [3.8, 4) is 0 Å². The highest BCUT2D eigenvalue weighted by Gasteiger charge is 2.26. The third-order valence-electron chi connectivity index (χ3n) is 1.71. The van der Waals surface area contributed by atoms with Crippen molar-refractivity contribution in [2.24, 2.45) is 0 Å². The van der Waals surface area contributed by atoms with E-state index in [9.17, 15) is 4.39 Å². The molecule has 0 spiro atoms. The van der Waals surface area contributed by atoms with Crippen molar-refractivity contribution in [3.63, 3.8) is 0 Å². The molecule has 0 aromatic carbocycles. The Kier molecular flexibility index (Phi) is 1.45. The molecule has 1 aromatic rings. The minimum atomic E-state index is -0.683. The van der Waals surface area contributed by atoms with Crippen molar-refractivity contribution in [1.29, 1.82) is 0 Å². The minimum Gasteiger partial charge on any atom is -0.349 e. The maximum Gasteiger partial charge on any atom is 0.147 e. The molecule has 0 N–H and O–H groups in total. The van der Waals surface area contributed by atoms with Gasteiger partial charge in [0, 0.05) is 12.4 Å². The van der Waals surface area contributed by atoms with E-state index in [1.165, 1.54) is 0 Å². The van der Waals surface area contributed by atoms with Gasteiger partial charge >= 0.3 is 0 Å². The van der Waals surface area contributed by atoms with Gasteiger partial charge in [-0.25, -0.2) is 9.37 Å². The number of hydrogen-bond acceptors (Lipinski definition) is 3. The Labute approximate surface area is 63.9 Å². The molecular formula is C7H8FN3. The van der Waals surface area contributed by atoms with Gasteiger partial charge in [-0.15, -0.1) is 0 Å². The zero-order valence-electron chi connectivity index (χ0n) is 5.94. The van der Waals surface area contributed by atoms with E-state index in [-0.39, 0.29) is 0 Å². The Hall–Kier alpha value is -1.19. The van der Waals surface area contributed by atoms with Crippen LogP contribution in [0, 0.1) is 0 Å². The predicted molar refractivity (Wildman–Crippen MR) is 39.1 cm³/mol. The predicted octanol–water partition coefficient (Wildman–Crippen LogP) is 0.635. The molecule has 0 aliphatic carbocycles. The standard InChI is InChI=1S/C7H8FN3/c8-6-4-11(5-6)7-3-9-1-2-10-7/h1-3,6H,4-5H2. The number of nitrogens with zero attached hydrogens (tertiary/aromatic N) is 3. The van der Waals surface area contributed by atoms with Crippen LogP contribution in [0.1, 0.15) is 0 Å². The largest absolute Gasteiger partial charge is 0.349 e. The van der Waals surface area contributed by atoms with Crippen LogP contribution in [0.2, 0.25) is 0 Å². The monoisotopic (exact) mass is 153 g/mol. The summed E-state index contributed by atoms with van der Waals surface area (Å²) in [6.45, 7) is 0.914. The lowest BCUT2D eigenvalue weighted by molar-refractivity contribution is 0.273. The number of rotatable bonds is 1. The molecule has 0 amide bonds. The molecule has 0 unspecified atom stereocenters. The van der Waals surface area contributed by atoms with E-state index in [0.717, 1.165) is 5.82 Å². The van der Waals surface area contributed by atoms with Crippen LogP contribution in [0.5, 0.6) is 0 Å². The first kappa shape index (κ1) is 6.52. The van der Waals surface area contributed by atoms with Crippen LogP contribution >= 0.6 is 0 Å². The minimum absolute atomic E-state index is 0.457. The molecule has 0 saturated carbocycles. The lowest BCUT2D eigenvalue weighted by atomic mass is 10.2. The summed E-state index contributed by atoms with van der Waals surface area (Å²) in [4.78, 5) is 9.78. The van der Waals surface area contributed by atoms with Gasteiger partial charge in [0.15, 0.2) is 0 Å². The Morgan fingerprint density at radius 3 is 2.82 bits per heavy atom. The Balaban J connectivity index is 2.08. The quantitative estimate of drug-likeness (QED) is 0.592. The van der Waals surface area contributed by atoms with Crippen LogP contribution in [0.25, 0.3) is 0 Å². The van der Waals surface area contributed by atoms with E-state index in [1.54, 1.807) is 18.6 Å². The summed E-state index contributed by atoms with van der Waals surface area (Å²) in [7, 11) is 0. The van der Waals surface area contributed by atoms with E-state index < -0.39 is 6.17 Å². The zero-order valence-corrected chi connectivity index (χ0v) is 5.94. The molecule has 0 bridgehead atoms. The van der Waals surface area contributed by atoms with Gasteiger partial charge in [-0.05, 0) is 0 Å². The van der Waals surface area contributed by atoms with E-state index in [1.807, 2.05) is 4.90 Å². The van der Waals surface area contributed by atoms with Crippen LogP contribution in [0.4, 0.5) is 10.2 Å². The lowest BCUT2D eigenvalue weighted by Crippen LogP contribution is -2.48. The van der Waals surface area contributed by atoms with E-state index in [4.69, 9.17) is 0 Å². The highest BCUT2D eigenvalue weighted by atomic mass is 19.1. The van der Waals surface area contributed by atoms with Crippen LogP contribution < -0.4 is 4.90 Å². The van der Waals surface area contributed by atoms with E-state index in [0.29, 0.717) is 13.1 Å². The van der Waals surface area contributed by atoms with Crippen LogP contribution in [-0.4, -0.2) is 29.2 Å². The molecule has 4 heteroatoms. The van der Waals surface area contributed by atoms with Crippen molar-refractivity contribution >= 4 is 5.82 Å². The van der Waals surface area contributed by atoms with Gasteiger partial charge in [0.05, 0.1) is 19.3 Å². The summed E-state index contributed by atoms with van der Waals surface area (Å²) >= 11 is 0.